The van der Waals surface area contributed by atoms with Crippen LogP contribution in [0, 0.1) is 12.8 Å². The molecule has 0 aliphatic heterocycles. The highest BCUT2D eigenvalue weighted by molar-refractivity contribution is 7.99. The Bertz CT molecular complexity index is 1120. The number of anilines is 1. The number of thiophene rings is 1. The first-order valence-corrected chi connectivity index (χ1v) is 11.3. The minimum absolute atomic E-state index is 0.103. The number of thioether (sulfide) groups is 1. The summed E-state index contributed by atoms with van der Waals surface area (Å²) in [4.78, 5) is 34.4. The van der Waals surface area contributed by atoms with E-state index in [1.807, 2.05) is 6.92 Å². The summed E-state index contributed by atoms with van der Waals surface area (Å²) in [6.07, 6.45) is 3.07. The molecule has 1 amide bonds. The molecule has 0 fully saturated rings. The van der Waals surface area contributed by atoms with Gasteiger partial charge in [0.25, 0.3) is 5.56 Å². The largest absolute Gasteiger partial charge is 0.325 e. The number of nitrogens with zero attached hydrogens (tertiary/aromatic N) is 1. The van der Waals surface area contributed by atoms with Gasteiger partial charge in [-0.1, -0.05) is 30.3 Å². The lowest BCUT2D eigenvalue weighted by Crippen LogP contribution is -2.16. The number of H-pyrrole nitrogens is 1. The maximum Gasteiger partial charge on any atom is 0.260 e. The van der Waals surface area contributed by atoms with Crippen molar-refractivity contribution in [1.29, 1.82) is 0 Å². The zero-order chi connectivity index (χ0) is 19.8. The minimum Gasteiger partial charge on any atom is -0.325 e. The normalized spacial score (nSPS) is 16.2. The molecular formula is C20H20ClN3O2S2. The molecule has 28 heavy (non-hydrogen) atoms. The first-order chi connectivity index (χ1) is 13.4. The molecule has 5 nitrogen and oxygen atoms in total. The number of hydrogen-bond donors (Lipinski definition) is 2. The van der Waals surface area contributed by atoms with Crippen LogP contribution in [0.5, 0.6) is 0 Å². The second kappa shape index (κ2) is 7.89. The molecule has 8 heteroatoms. The number of rotatable bonds is 4. The van der Waals surface area contributed by atoms with Crippen LogP contribution in [-0.2, 0) is 17.6 Å². The third-order valence-electron chi connectivity index (χ3n) is 4.95. The van der Waals surface area contributed by atoms with Gasteiger partial charge in [-0.05, 0) is 61.4 Å². The number of aromatic amines is 1. The van der Waals surface area contributed by atoms with Gasteiger partial charge in [-0.3, -0.25) is 9.59 Å². The summed E-state index contributed by atoms with van der Waals surface area (Å²) in [5.74, 6) is 0.657. The van der Waals surface area contributed by atoms with E-state index in [4.69, 9.17) is 11.6 Å². The van der Waals surface area contributed by atoms with Crippen LogP contribution >= 0.6 is 34.7 Å². The van der Waals surface area contributed by atoms with Crippen LogP contribution in [0.2, 0.25) is 5.02 Å². The number of nitrogens with one attached hydrogen (secondary N) is 2. The van der Waals surface area contributed by atoms with E-state index in [1.165, 1.54) is 22.2 Å². The van der Waals surface area contributed by atoms with E-state index in [1.54, 1.807) is 29.5 Å². The molecule has 0 bridgehead atoms. The highest BCUT2D eigenvalue weighted by Crippen LogP contribution is 2.36. The topological polar surface area (TPSA) is 74.8 Å². The van der Waals surface area contributed by atoms with Crippen molar-refractivity contribution in [2.75, 3.05) is 11.1 Å². The average Bonchev–Trinajstić information content (AvgIpc) is 3.00. The summed E-state index contributed by atoms with van der Waals surface area (Å²) in [6, 6.07) is 5.32. The number of carbonyl (C=O) groups excluding carboxylic acids is 1. The van der Waals surface area contributed by atoms with E-state index in [0.717, 1.165) is 40.7 Å². The average molecular weight is 434 g/mol. The van der Waals surface area contributed by atoms with Crippen molar-refractivity contribution in [1.82, 2.24) is 9.97 Å². The molecule has 1 aromatic carbocycles. The summed E-state index contributed by atoms with van der Waals surface area (Å²) in [5, 5.41) is 4.71. The molecular weight excluding hydrogens is 414 g/mol. The quantitative estimate of drug-likeness (QED) is 0.457. The second-order valence-electron chi connectivity index (χ2n) is 7.20. The van der Waals surface area contributed by atoms with Gasteiger partial charge in [-0.25, -0.2) is 4.98 Å². The fourth-order valence-electron chi connectivity index (χ4n) is 3.48. The molecule has 0 unspecified atom stereocenters. The smallest absolute Gasteiger partial charge is 0.260 e. The predicted octanol–water partition coefficient (Wildman–Crippen LogP) is 4.80. The Morgan fingerprint density at radius 1 is 1.46 bits per heavy atom. The third-order valence-corrected chi connectivity index (χ3v) is 7.20. The molecule has 0 saturated carbocycles. The minimum atomic E-state index is -0.155. The van der Waals surface area contributed by atoms with Crippen molar-refractivity contribution in [2.24, 2.45) is 5.92 Å². The van der Waals surface area contributed by atoms with Gasteiger partial charge < -0.3 is 10.3 Å². The molecule has 1 aliphatic rings. The summed E-state index contributed by atoms with van der Waals surface area (Å²) < 4.78 is 0. The number of aryl methyl sites for hydroxylation is 2. The van der Waals surface area contributed by atoms with Crippen molar-refractivity contribution in [3.05, 3.63) is 49.6 Å². The number of fused-ring (bicyclic) bond motifs is 3. The predicted molar refractivity (Wildman–Crippen MR) is 117 cm³/mol. The van der Waals surface area contributed by atoms with Gasteiger partial charge in [0, 0.05) is 15.6 Å². The van der Waals surface area contributed by atoms with E-state index in [2.05, 4.69) is 22.2 Å². The van der Waals surface area contributed by atoms with Crippen LogP contribution in [0.1, 0.15) is 29.3 Å². The zero-order valence-electron chi connectivity index (χ0n) is 15.6. The van der Waals surface area contributed by atoms with Crippen LogP contribution in [0.4, 0.5) is 5.69 Å². The van der Waals surface area contributed by atoms with E-state index in [0.29, 0.717) is 16.1 Å². The molecule has 3 aromatic rings. The lowest BCUT2D eigenvalue weighted by Gasteiger charge is -2.17. The summed E-state index contributed by atoms with van der Waals surface area (Å²) in [7, 11) is 0. The van der Waals surface area contributed by atoms with Gasteiger partial charge in [0.05, 0.1) is 11.1 Å². The number of hydrogen-bond acceptors (Lipinski definition) is 5. The fourth-order valence-corrected chi connectivity index (χ4v) is 5.81. The van der Waals surface area contributed by atoms with E-state index < -0.39 is 0 Å². The first-order valence-electron chi connectivity index (χ1n) is 9.14. The summed E-state index contributed by atoms with van der Waals surface area (Å²) in [6.45, 7) is 4.13. The molecule has 0 spiro atoms. The Morgan fingerprint density at radius 3 is 3.07 bits per heavy atom. The molecule has 2 N–H and O–H groups in total. The molecule has 146 valence electrons. The van der Waals surface area contributed by atoms with Crippen molar-refractivity contribution in [3.63, 3.8) is 0 Å². The highest BCUT2D eigenvalue weighted by atomic mass is 35.5. The molecule has 0 saturated heterocycles. The van der Waals surface area contributed by atoms with Crippen molar-refractivity contribution in [2.45, 2.75) is 38.3 Å². The van der Waals surface area contributed by atoms with Crippen LogP contribution in [0.3, 0.4) is 0 Å². The third kappa shape index (κ3) is 3.97. The van der Waals surface area contributed by atoms with Gasteiger partial charge in [-0.15, -0.1) is 11.3 Å². The second-order valence-corrected chi connectivity index (χ2v) is 9.68. The van der Waals surface area contributed by atoms with E-state index in [9.17, 15) is 9.59 Å². The Hall–Kier alpha value is -1.83. The van der Waals surface area contributed by atoms with Gasteiger partial charge in [-0.2, -0.15) is 0 Å². The number of amides is 1. The summed E-state index contributed by atoms with van der Waals surface area (Å²) in [5.41, 5.74) is 2.69. The Labute approximate surface area is 175 Å². The molecule has 0 radical (unpaired) electrons. The number of benzene rings is 1. The molecule has 4 rings (SSSR count). The zero-order valence-corrected chi connectivity index (χ0v) is 18.0. The SMILES string of the molecule is Cc1cc(Cl)ccc1NC(=O)CSc1nc2sc3c(c2c(=O)[nH]1)CC[C@H](C)C3. The molecule has 2 heterocycles. The number of carbonyl (C=O) groups is 1. The van der Waals surface area contributed by atoms with Gasteiger partial charge in [0.2, 0.25) is 5.91 Å². The fraction of sp³-hybridized carbons (Fsp3) is 0.350. The number of halogens is 1. The Kier molecular flexibility index (Phi) is 5.49. The van der Waals surface area contributed by atoms with Crippen molar-refractivity contribution >= 4 is 56.5 Å². The maximum atomic E-state index is 12.6. The molecule has 1 atom stereocenters. The standard InChI is InChI=1S/C20H20ClN3O2S2/c1-10-3-5-13-15(7-10)28-19-17(13)18(26)23-20(24-19)27-9-16(25)22-14-6-4-12(21)8-11(14)2/h4,6,8,10H,3,5,7,9H2,1-2H3,(H,22,25)(H,23,24,26)/t10-/m0/s1. The lowest BCUT2D eigenvalue weighted by atomic mass is 9.89. The van der Waals surface area contributed by atoms with Crippen LogP contribution < -0.4 is 10.9 Å². The Balaban J connectivity index is 1.49. The molecule has 2 aromatic heterocycles. The van der Waals surface area contributed by atoms with Crippen molar-refractivity contribution < 1.29 is 4.79 Å². The monoisotopic (exact) mass is 433 g/mol. The van der Waals surface area contributed by atoms with Crippen molar-refractivity contribution in [3.8, 4) is 0 Å². The highest BCUT2D eigenvalue weighted by Gasteiger charge is 2.23. The van der Waals surface area contributed by atoms with Crippen LogP contribution in [-0.4, -0.2) is 21.6 Å². The van der Waals surface area contributed by atoms with E-state index >= 15 is 0 Å². The van der Waals surface area contributed by atoms with Crippen LogP contribution in [0.25, 0.3) is 10.2 Å². The number of aromatic nitrogens is 2. The molecule has 1 aliphatic carbocycles. The lowest BCUT2D eigenvalue weighted by molar-refractivity contribution is -0.113. The van der Waals surface area contributed by atoms with Gasteiger partial charge in [0.15, 0.2) is 5.16 Å². The Morgan fingerprint density at radius 2 is 2.29 bits per heavy atom. The van der Waals surface area contributed by atoms with Crippen LogP contribution in [0.15, 0.2) is 28.2 Å². The summed E-state index contributed by atoms with van der Waals surface area (Å²) >= 11 is 8.79. The van der Waals surface area contributed by atoms with E-state index in [-0.39, 0.29) is 17.2 Å². The first kappa shape index (κ1) is 19.5. The van der Waals surface area contributed by atoms with Gasteiger partial charge >= 0.3 is 0 Å². The maximum absolute atomic E-state index is 12.6. The van der Waals surface area contributed by atoms with Gasteiger partial charge in [0.1, 0.15) is 4.83 Å².